The van der Waals surface area contributed by atoms with Crippen LogP contribution in [0.4, 0.5) is 0 Å². The zero-order valence-corrected chi connectivity index (χ0v) is 39.2. The van der Waals surface area contributed by atoms with Gasteiger partial charge in [-0.2, -0.15) is 0 Å². The first-order chi connectivity index (χ1) is 27.6. The molecule has 2 nitrogen and oxygen atoms in total. The Hall–Kier alpha value is -4.65. The Kier molecular flexibility index (Phi) is 12.8. The van der Waals surface area contributed by atoms with Crippen LogP contribution in [-0.4, -0.2) is 16.6 Å². The fraction of sp³-hybridized carbons (Fsp3) is 0.333. The fourth-order valence-electron chi connectivity index (χ4n) is 10.4. The van der Waals surface area contributed by atoms with E-state index in [9.17, 15) is 0 Å². The van der Waals surface area contributed by atoms with Crippen molar-refractivity contribution in [1.29, 1.82) is 0 Å². The van der Waals surface area contributed by atoms with Crippen LogP contribution < -0.4 is 8.85 Å². The lowest BCUT2D eigenvalue weighted by Gasteiger charge is -2.44. The Morgan fingerprint density at radius 1 is 0.379 bits per heavy atom. The maximum Gasteiger partial charge on any atom is 0.258 e. The summed E-state index contributed by atoms with van der Waals surface area (Å²) in [6, 6.07) is 40.3. The molecule has 58 heavy (non-hydrogen) atoms. The van der Waals surface area contributed by atoms with Crippen LogP contribution >= 0.6 is 0 Å². The topological polar surface area (TPSA) is 18.5 Å². The molecule has 0 aliphatic rings. The van der Waals surface area contributed by atoms with E-state index in [-0.39, 0.29) is 0 Å². The minimum absolute atomic E-state index is 0.415. The summed E-state index contributed by atoms with van der Waals surface area (Å²) >= 11 is 0. The maximum atomic E-state index is 7.79. The van der Waals surface area contributed by atoms with Gasteiger partial charge in [0.1, 0.15) is 11.5 Å². The number of fused-ring (bicyclic) bond motifs is 2. The van der Waals surface area contributed by atoms with Crippen LogP contribution in [0.25, 0.3) is 67.1 Å². The number of hydrogen-bond donors (Lipinski definition) is 0. The highest BCUT2D eigenvalue weighted by Crippen LogP contribution is 2.52. The van der Waals surface area contributed by atoms with Crippen molar-refractivity contribution in [3.05, 3.63) is 133 Å². The molecule has 0 heterocycles. The molecule has 0 fully saturated rings. The van der Waals surface area contributed by atoms with Crippen LogP contribution in [0.15, 0.2) is 122 Å². The molecule has 6 aromatic carbocycles. The van der Waals surface area contributed by atoms with E-state index in [1.54, 1.807) is 0 Å². The molecular formula is C54H66O2Si2. The van der Waals surface area contributed by atoms with E-state index in [4.69, 9.17) is 8.85 Å². The van der Waals surface area contributed by atoms with Crippen molar-refractivity contribution in [2.45, 2.75) is 116 Å². The second-order valence-electron chi connectivity index (χ2n) is 18.2. The molecule has 0 bridgehead atoms. The van der Waals surface area contributed by atoms with Crippen molar-refractivity contribution in [3.8, 4) is 44.9 Å². The molecule has 0 spiro atoms. The van der Waals surface area contributed by atoms with E-state index in [2.05, 4.69) is 205 Å². The van der Waals surface area contributed by atoms with Gasteiger partial charge >= 0.3 is 0 Å². The van der Waals surface area contributed by atoms with E-state index in [1.165, 1.54) is 43.8 Å². The largest absolute Gasteiger partial charge is 0.542 e. The molecule has 4 heteroatoms. The van der Waals surface area contributed by atoms with Gasteiger partial charge in [0.15, 0.2) is 0 Å². The summed E-state index contributed by atoms with van der Waals surface area (Å²) in [5.41, 5.74) is 11.7. The van der Waals surface area contributed by atoms with Gasteiger partial charge in [0.25, 0.3) is 16.6 Å². The summed E-state index contributed by atoms with van der Waals surface area (Å²) in [5, 5.41) is 4.71. The van der Waals surface area contributed by atoms with Gasteiger partial charge in [-0.15, -0.1) is 0 Å². The molecule has 0 unspecified atom stereocenters. The van der Waals surface area contributed by atoms with Crippen LogP contribution in [0.1, 0.15) is 94.2 Å². The monoisotopic (exact) mass is 802 g/mol. The lowest BCUT2D eigenvalue weighted by Crippen LogP contribution is -2.51. The third-order valence-electron chi connectivity index (χ3n) is 13.2. The zero-order chi connectivity index (χ0) is 42.1. The number of hydrogen-bond acceptors (Lipinski definition) is 2. The highest BCUT2D eigenvalue weighted by Gasteiger charge is 2.49. The third kappa shape index (κ3) is 7.78. The smallest absolute Gasteiger partial charge is 0.258 e. The van der Waals surface area contributed by atoms with Gasteiger partial charge in [-0.25, -0.2) is 0 Å². The van der Waals surface area contributed by atoms with Crippen molar-refractivity contribution >= 4 is 50.3 Å². The molecule has 0 N–H and O–H groups in total. The molecule has 302 valence electrons. The SMILES string of the molecule is C=Cc1ccc(-c2ccc3c(-c4c(O[Si](C(C)C)(C(C)C)C(C)C)ccc5cc(-c6ccc(C=C)cc6)ccc45)c(O[Si](C(C)C)(C(C)C)C(C)C)ccc3c2)cc1. The Morgan fingerprint density at radius 2 is 0.672 bits per heavy atom. The first-order valence-electron chi connectivity index (χ1n) is 21.6. The standard InChI is InChI=1S/C54H66O2Si2/c1-15-41-17-21-43(22-18-41)45-25-29-49-47(33-45)27-31-51(55-57(35(3)4,36(5)6)37(7)8)53(49)54-50-30-26-46(44-23-19-42(16-2)20-24-44)34-48(50)28-32-52(54)56-58(38(9)10,39(11)12)40(13)14/h15-40H,1-2H2,3-14H3. The molecule has 0 amide bonds. The predicted molar refractivity (Wildman–Crippen MR) is 261 cm³/mol. The molecule has 0 saturated carbocycles. The Bertz CT molecular complexity index is 2180. The molecule has 0 aromatic heterocycles. The van der Waals surface area contributed by atoms with Crippen molar-refractivity contribution in [3.63, 3.8) is 0 Å². The molecule has 6 aromatic rings. The zero-order valence-electron chi connectivity index (χ0n) is 37.2. The van der Waals surface area contributed by atoms with Crippen LogP contribution in [-0.2, 0) is 0 Å². The molecule has 0 saturated heterocycles. The van der Waals surface area contributed by atoms with Gasteiger partial charge in [0, 0.05) is 11.1 Å². The normalized spacial score (nSPS) is 12.5. The van der Waals surface area contributed by atoms with Crippen LogP contribution in [0.2, 0.25) is 33.2 Å². The Labute approximate surface area is 352 Å². The second kappa shape index (κ2) is 17.3. The van der Waals surface area contributed by atoms with E-state index in [1.807, 2.05) is 12.2 Å². The maximum absolute atomic E-state index is 7.79. The minimum atomic E-state index is -2.39. The van der Waals surface area contributed by atoms with Gasteiger partial charge in [-0.1, -0.05) is 193 Å². The van der Waals surface area contributed by atoms with Crippen LogP contribution in [0.3, 0.4) is 0 Å². The van der Waals surface area contributed by atoms with Gasteiger partial charge in [-0.3, -0.25) is 0 Å². The lowest BCUT2D eigenvalue weighted by atomic mass is 9.90. The van der Waals surface area contributed by atoms with Crippen molar-refractivity contribution in [2.75, 3.05) is 0 Å². The first kappa shape index (κ1) is 42.9. The predicted octanol–water partition coefficient (Wildman–Crippen LogP) is 17.4. The Morgan fingerprint density at radius 3 is 0.948 bits per heavy atom. The lowest BCUT2D eigenvalue weighted by molar-refractivity contribution is 0.476. The van der Waals surface area contributed by atoms with E-state index >= 15 is 0 Å². The van der Waals surface area contributed by atoms with Gasteiger partial charge < -0.3 is 8.85 Å². The summed E-state index contributed by atoms with van der Waals surface area (Å²) in [5.74, 6) is 1.93. The quantitative estimate of drug-likeness (QED) is 0.0963. The van der Waals surface area contributed by atoms with Crippen molar-refractivity contribution in [2.24, 2.45) is 0 Å². The summed E-state index contributed by atoms with van der Waals surface area (Å²) < 4.78 is 15.6. The molecule has 0 radical (unpaired) electrons. The first-order valence-corrected chi connectivity index (χ1v) is 25.8. The van der Waals surface area contributed by atoms with E-state index in [0.717, 1.165) is 33.8 Å². The number of benzene rings is 6. The van der Waals surface area contributed by atoms with E-state index < -0.39 is 16.6 Å². The molecule has 0 aliphatic carbocycles. The summed E-state index contributed by atoms with van der Waals surface area (Å²) in [6.07, 6.45) is 3.79. The van der Waals surface area contributed by atoms with E-state index in [0.29, 0.717) is 33.2 Å². The molecule has 0 aliphatic heterocycles. The number of rotatable bonds is 15. The van der Waals surface area contributed by atoms with Crippen molar-refractivity contribution in [1.82, 2.24) is 0 Å². The highest BCUT2D eigenvalue weighted by molar-refractivity contribution is 6.79. The van der Waals surface area contributed by atoms with Gasteiger partial charge in [0.2, 0.25) is 0 Å². The average molecular weight is 803 g/mol. The Balaban J connectivity index is 1.72. The molecule has 0 atom stereocenters. The third-order valence-corrected chi connectivity index (χ3v) is 25.1. The van der Waals surface area contributed by atoms with Gasteiger partial charge in [-0.05, 0) is 112 Å². The van der Waals surface area contributed by atoms with Crippen molar-refractivity contribution < 1.29 is 8.85 Å². The molecule has 6 rings (SSSR count). The fourth-order valence-corrected chi connectivity index (χ4v) is 20.9. The second-order valence-corrected chi connectivity index (χ2v) is 29.0. The summed E-state index contributed by atoms with van der Waals surface area (Å²) in [4.78, 5) is 0. The molecular weight excluding hydrogens is 737 g/mol. The highest BCUT2D eigenvalue weighted by atomic mass is 28.4. The van der Waals surface area contributed by atoms with Crippen LogP contribution in [0, 0.1) is 0 Å². The minimum Gasteiger partial charge on any atom is -0.542 e. The summed E-state index contributed by atoms with van der Waals surface area (Å²) in [7, 11) is -4.77. The van der Waals surface area contributed by atoms with Gasteiger partial charge in [0.05, 0.1) is 0 Å². The van der Waals surface area contributed by atoms with Crippen LogP contribution in [0.5, 0.6) is 11.5 Å². The average Bonchev–Trinajstić information content (AvgIpc) is 3.20. The summed E-state index contributed by atoms with van der Waals surface area (Å²) in [6.45, 7) is 36.4.